The van der Waals surface area contributed by atoms with Gasteiger partial charge in [0.05, 0.1) is 12.2 Å². The van der Waals surface area contributed by atoms with Crippen molar-refractivity contribution in [1.82, 2.24) is 10.4 Å². The maximum Gasteiger partial charge on any atom is 0.245 e. The lowest BCUT2D eigenvalue weighted by Crippen LogP contribution is -2.41. The van der Waals surface area contributed by atoms with E-state index in [-0.39, 0.29) is 37.1 Å². The summed E-state index contributed by atoms with van der Waals surface area (Å²) >= 11 is 7.27. The molecule has 0 aliphatic carbocycles. The molecule has 1 aromatic carbocycles. The molecule has 10 heteroatoms. The second-order valence-electron chi connectivity index (χ2n) is 8.42. The van der Waals surface area contributed by atoms with E-state index in [2.05, 4.69) is 0 Å². The first-order valence-corrected chi connectivity index (χ1v) is 13.2. The minimum atomic E-state index is -3.83. The molecule has 2 N–H and O–H groups in total. The van der Waals surface area contributed by atoms with Gasteiger partial charge in [0, 0.05) is 34.3 Å². The predicted molar refractivity (Wildman–Crippen MR) is 125 cm³/mol. The van der Waals surface area contributed by atoms with Crippen LogP contribution in [0.3, 0.4) is 0 Å². The van der Waals surface area contributed by atoms with Gasteiger partial charge in [0.25, 0.3) is 0 Å². The number of rotatable bonds is 6. The van der Waals surface area contributed by atoms with E-state index in [9.17, 15) is 18.0 Å². The molecular formula is C22H27ClN2O5S2. The van der Waals surface area contributed by atoms with Crippen molar-refractivity contribution in [2.24, 2.45) is 5.92 Å². The third kappa shape index (κ3) is 5.17. The van der Waals surface area contributed by atoms with Crippen molar-refractivity contribution in [1.29, 1.82) is 0 Å². The van der Waals surface area contributed by atoms with Crippen molar-refractivity contribution in [3.63, 3.8) is 0 Å². The minimum absolute atomic E-state index is 0.0765. The molecule has 2 amide bonds. The molecule has 0 unspecified atom stereocenters. The number of amides is 2. The first-order chi connectivity index (χ1) is 15.1. The Morgan fingerprint density at radius 3 is 2.50 bits per heavy atom. The van der Waals surface area contributed by atoms with Gasteiger partial charge in [0.2, 0.25) is 11.8 Å². The molecule has 7 nitrogen and oxygen atoms in total. The molecule has 1 fully saturated rings. The van der Waals surface area contributed by atoms with Crippen LogP contribution in [0.25, 0.3) is 10.4 Å². The summed E-state index contributed by atoms with van der Waals surface area (Å²) in [6.45, 7) is 4.18. The van der Waals surface area contributed by atoms with E-state index < -0.39 is 26.9 Å². The maximum atomic E-state index is 13.5. The summed E-state index contributed by atoms with van der Waals surface area (Å²) in [7, 11) is -3.83. The van der Waals surface area contributed by atoms with Gasteiger partial charge in [0.15, 0.2) is 9.84 Å². The Bertz CT molecular complexity index is 1080. The number of hydrogen-bond acceptors (Lipinski definition) is 6. The molecule has 1 aromatic heterocycles. The Morgan fingerprint density at radius 1 is 1.19 bits per heavy atom. The van der Waals surface area contributed by atoms with E-state index in [0.29, 0.717) is 16.3 Å². The van der Waals surface area contributed by atoms with Crippen molar-refractivity contribution in [2.75, 3.05) is 18.8 Å². The number of hydroxylamine groups is 1. The Balaban J connectivity index is 2.02. The van der Waals surface area contributed by atoms with Crippen LogP contribution in [0.1, 0.15) is 38.0 Å². The van der Waals surface area contributed by atoms with Crippen molar-refractivity contribution in [2.45, 2.75) is 37.9 Å². The Labute approximate surface area is 197 Å². The standard InChI is InChI=1S/C22H27ClN2O5S2/c1-15(2)13-21(27)25-10-9-22(14-20(26)24-28,32(29,30)12-11-25)19-8-7-18(31-19)16-3-5-17(23)6-4-16/h3-8,15,28H,9-14H2,1-2H3,(H,24,26)/t22-/m0/s1. The summed E-state index contributed by atoms with van der Waals surface area (Å²) in [6.07, 6.45) is -0.00430. The van der Waals surface area contributed by atoms with Crippen molar-refractivity contribution in [3.05, 3.63) is 46.3 Å². The number of nitrogens with zero attached hydrogens (tertiary/aromatic N) is 1. The molecule has 1 saturated heterocycles. The second kappa shape index (κ2) is 9.91. The van der Waals surface area contributed by atoms with Gasteiger partial charge in [0.1, 0.15) is 4.75 Å². The molecule has 2 heterocycles. The molecule has 0 saturated carbocycles. The Morgan fingerprint density at radius 2 is 1.88 bits per heavy atom. The SMILES string of the molecule is CC(C)CC(=O)N1CC[C@](CC(=O)NO)(c2ccc(-c3ccc(Cl)cc3)s2)S(=O)(=O)CC1. The first-order valence-electron chi connectivity index (χ1n) is 10.4. The molecule has 1 aliphatic heterocycles. The summed E-state index contributed by atoms with van der Waals surface area (Å²) in [4.78, 5) is 27.8. The fraction of sp³-hybridized carbons (Fsp3) is 0.455. The van der Waals surface area contributed by atoms with Crippen LogP contribution >= 0.6 is 22.9 Å². The zero-order chi connectivity index (χ0) is 23.5. The summed E-state index contributed by atoms with van der Waals surface area (Å²) in [5, 5.41) is 9.74. The molecule has 32 heavy (non-hydrogen) atoms. The lowest BCUT2D eigenvalue weighted by molar-refractivity contribution is -0.131. The van der Waals surface area contributed by atoms with Crippen LogP contribution in [0.15, 0.2) is 36.4 Å². The third-order valence-electron chi connectivity index (χ3n) is 5.70. The van der Waals surface area contributed by atoms with Gasteiger partial charge in [-0.05, 0) is 42.2 Å². The van der Waals surface area contributed by atoms with Gasteiger partial charge in [-0.1, -0.05) is 37.6 Å². The average molecular weight is 499 g/mol. The van der Waals surface area contributed by atoms with E-state index in [1.807, 2.05) is 32.0 Å². The van der Waals surface area contributed by atoms with E-state index in [0.717, 1.165) is 10.4 Å². The summed E-state index contributed by atoms with van der Waals surface area (Å²) in [6, 6.07) is 10.8. The first kappa shape index (κ1) is 24.7. The van der Waals surface area contributed by atoms with Crippen molar-refractivity contribution >= 4 is 44.6 Å². The van der Waals surface area contributed by atoms with Crippen LogP contribution in [0.4, 0.5) is 0 Å². The molecule has 0 radical (unpaired) electrons. The summed E-state index contributed by atoms with van der Waals surface area (Å²) < 4.78 is 25.6. The lowest BCUT2D eigenvalue weighted by Gasteiger charge is -2.30. The molecule has 1 atom stereocenters. The van der Waals surface area contributed by atoms with E-state index in [1.54, 1.807) is 28.6 Å². The van der Waals surface area contributed by atoms with Crippen LogP contribution in [0.5, 0.6) is 0 Å². The number of carbonyl (C=O) groups excluding carboxylic acids is 2. The quantitative estimate of drug-likeness (QED) is 0.465. The predicted octanol–water partition coefficient (Wildman–Crippen LogP) is 3.85. The van der Waals surface area contributed by atoms with Crippen molar-refractivity contribution in [3.8, 4) is 10.4 Å². The fourth-order valence-electron chi connectivity index (χ4n) is 3.95. The van der Waals surface area contributed by atoms with Crippen molar-refractivity contribution < 1.29 is 23.2 Å². The smallest absolute Gasteiger partial charge is 0.245 e. The molecule has 3 rings (SSSR count). The number of sulfone groups is 1. The lowest BCUT2D eigenvalue weighted by atomic mass is 9.97. The molecule has 0 spiro atoms. The zero-order valence-electron chi connectivity index (χ0n) is 18.0. The summed E-state index contributed by atoms with van der Waals surface area (Å²) in [5.74, 6) is -0.960. The minimum Gasteiger partial charge on any atom is -0.342 e. The van der Waals surface area contributed by atoms with Crippen LogP contribution in [-0.2, 0) is 24.2 Å². The fourth-order valence-corrected chi connectivity index (χ4v) is 7.68. The number of thiophene rings is 1. The largest absolute Gasteiger partial charge is 0.342 e. The normalized spacial score (nSPS) is 20.7. The second-order valence-corrected chi connectivity index (χ2v) is 12.4. The van der Waals surface area contributed by atoms with Gasteiger partial charge >= 0.3 is 0 Å². The highest BCUT2D eigenvalue weighted by atomic mass is 35.5. The van der Waals surface area contributed by atoms with Gasteiger partial charge in [-0.25, -0.2) is 13.9 Å². The van der Waals surface area contributed by atoms with Crippen LogP contribution in [-0.4, -0.2) is 49.2 Å². The van der Waals surface area contributed by atoms with E-state index in [1.165, 1.54) is 11.3 Å². The Hall–Kier alpha value is -1.94. The highest BCUT2D eigenvalue weighted by Crippen LogP contribution is 2.45. The van der Waals surface area contributed by atoms with E-state index >= 15 is 0 Å². The van der Waals surface area contributed by atoms with Crippen LogP contribution in [0, 0.1) is 5.92 Å². The average Bonchev–Trinajstić information content (AvgIpc) is 3.18. The topological polar surface area (TPSA) is 104 Å². The Kier molecular flexibility index (Phi) is 7.65. The highest BCUT2D eigenvalue weighted by molar-refractivity contribution is 7.92. The van der Waals surface area contributed by atoms with Crippen LogP contribution in [0.2, 0.25) is 5.02 Å². The van der Waals surface area contributed by atoms with Gasteiger partial charge < -0.3 is 4.90 Å². The molecular weight excluding hydrogens is 472 g/mol. The number of hydrogen-bond donors (Lipinski definition) is 2. The monoisotopic (exact) mass is 498 g/mol. The number of benzene rings is 1. The van der Waals surface area contributed by atoms with Gasteiger partial charge in [-0.3, -0.25) is 14.8 Å². The van der Waals surface area contributed by atoms with Gasteiger partial charge in [-0.15, -0.1) is 11.3 Å². The zero-order valence-corrected chi connectivity index (χ0v) is 20.4. The van der Waals surface area contributed by atoms with Crippen LogP contribution < -0.4 is 5.48 Å². The summed E-state index contributed by atoms with van der Waals surface area (Å²) in [5.41, 5.74) is 2.46. The maximum absolute atomic E-state index is 13.5. The number of halogens is 1. The third-order valence-corrected chi connectivity index (χ3v) is 9.90. The molecule has 174 valence electrons. The highest BCUT2D eigenvalue weighted by Gasteiger charge is 2.49. The number of nitrogens with one attached hydrogen (secondary N) is 1. The van der Waals surface area contributed by atoms with Gasteiger partial charge in [-0.2, -0.15) is 0 Å². The molecule has 0 bridgehead atoms. The molecule has 1 aliphatic rings. The molecule has 2 aromatic rings. The number of carbonyl (C=O) groups is 2. The van der Waals surface area contributed by atoms with E-state index in [4.69, 9.17) is 16.8 Å².